The maximum Gasteiger partial charge on any atom is 0.120 e. The average molecular weight is 422 g/mol. The van der Waals surface area contributed by atoms with Crippen molar-refractivity contribution in [3.63, 3.8) is 0 Å². The Labute approximate surface area is 189 Å². The molecule has 4 heteroatoms. The van der Waals surface area contributed by atoms with Crippen LogP contribution in [-0.4, -0.2) is 59.1 Å². The number of hydrogen-bond donors (Lipinski definition) is 1. The predicted octanol–water partition coefficient (Wildman–Crippen LogP) is 4.91. The Morgan fingerprint density at radius 2 is 0.903 bits per heavy atom. The third-order valence-corrected chi connectivity index (χ3v) is 4.98. The van der Waals surface area contributed by atoms with E-state index in [9.17, 15) is 5.11 Å². The molecule has 0 aliphatic heterocycles. The highest BCUT2D eigenvalue weighted by atomic mass is 16.3. The van der Waals surface area contributed by atoms with Gasteiger partial charge in [0.1, 0.15) is 5.75 Å². The molecule has 31 heavy (non-hydrogen) atoms. The number of aromatic hydroxyl groups is 1. The number of hydrogen-bond acceptors (Lipinski definition) is 4. The van der Waals surface area contributed by atoms with E-state index >= 15 is 0 Å². The first kappa shape index (κ1) is 26.4. The molecule has 0 unspecified atom stereocenters. The van der Waals surface area contributed by atoms with E-state index in [1.165, 1.54) is 5.56 Å². The van der Waals surface area contributed by atoms with Gasteiger partial charge in [-0.05, 0) is 17.2 Å². The molecule has 168 valence electrons. The predicted molar refractivity (Wildman–Crippen MR) is 135 cm³/mol. The maximum absolute atomic E-state index is 10.8. The number of phenolic OH excluding ortho intramolecular Hbond substituents is 1. The van der Waals surface area contributed by atoms with E-state index in [1.54, 1.807) is 6.07 Å². The van der Waals surface area contributed by atoms with Crippen LogP contribution in [0.1, 0.15) is 16.7 Å². The van der Waals surface area contributed by atoms with Gasteiger partial charge in [0.25, 0.3) is 0 Å². The van der Waals surface area contributed by atoms with Gasteiger partial charge in [-0.15, -0.1) is 39.5 Å². The Morgan fingerprint density at radius 1 is 0.548 bits per heavy atom. The summed E-state index contributed by atoms with van der Waals surface area (Å²) in [5, 5.41) is 10.8. The van der Waals surface area contributed by atoms with Crippen molar-refractivity contribution in [3.05, 3.63) is 105 Å². The SMILES string of the molecule is C=CCN(CC=C)Cc1ccc(O)c(CN(CC=C)CC=C)c1CN(CC=C)CC=C. The molecule has 0 saturated carbocycles. The third kappa shape index (κ3) is 8.93. The van der Waals surface area contributed by atoms with Crippen molar-refractivity contribution in [1.82, 2.24) is 14.7 Å². The van der Waals surface area contributed by atoms with Gasteiger partial charge in [0, 0.05) is 64.5 Å². The lowest BCUT2D eigenvalue weighted by Crippen LogP contribution is -2.29. The molecule has 1 aromatic rings. The monoisotopic (exact) mass is 421 g/mol. The minimum Gasteiger partial charge on any atom is -0.508 e. The highest BCUT2D eigenvalue weighted by Crippen LogP contribution is 2.29. The van der Waals surface area contributed by atoms with Crippen LogP contribution in [0, 0.1) is 0 Å². The lowest BCUT2D eigenvalue weighted by molar-refractivity contribution is 0.296. The number of phenols is 1. The summed E-state index contributed by atoms with van der Waals surface area (Å²) in [4.78, 5) is 6.74. The fourth-order valence-electron chi connectivity index (χ4n) is 3.65. The van der Waals surface area contributed by atoms with Crippen LogP contribution < -0.4 is 0 Å². The fraction of sp³-hybridized carbons (Fsp3) is 0.333. The summed E-state index contributed by atoms with van der Waals surface area (Å²) in [5.41, 5.74) is 3.27. The van der Waals surface area contributed by atoms with Crippen LogP contribution in [0.4, 0.5) is 0 Å². The summed E-state index contributed by atoms with van der Waals surface area (Å²) >= 11 is 0. The smallest absolute Gasteiger partial charge is 0.120 e. The second-order valence-electron chi connectivity index (χ2n) is 7.52. The van der Waals surface area contributed by atoms with Crippen molar-refractivity contribution in [2.45, 2.75) is 19.6 Å². The van der Waals surface area contributed by atoms with Crippen molar-refractivity contribution in [2.75, 3.05) is 39.3 Å². The van der Waals surface area contributed by atoms with Crippen molar-refractivity contribution < 1.29 is 5.11 Å². The van der Waals surface area contributed by atoms with Crippen LogP contribution in [0.5, 0.6) is 5.75 Å². The summed E-state index contributed by atoms with van der Waals surface area (Å²) in [6.07, 6.45) is 11.4. The third-order valence-electron chi connectivity index (χ3n) is 4.98. The van der Waals surface area contributed by atoms with Gasteiger partial charge >= 0.3 is 0 Å². The van der Waals surface area contributed by atoms with Gasteiger partial charge in [0.05, 0.1) is 0 Å². The van der Waals surface area contributed by atoms with Crippen molar-refractivity contribution in [1.29, 1.82) is 0 Å². The Morgan fingerprint density at radius 3 is 1.29 bits per heavy atom. The number of benzene rings is 1. The van der Waals surface area contributed by atoms with Gasteiger partial charge in [-0.3, -0.25) is 14.7 Å². The topological polar surface area (TPSA) is 30.0 Å². The Bertz CT molecular complexity index is 723. The molecule has 0 heterocycles. The van der Waals surface area contributed by atoms with Crippen LogP contribution in [0.15, 0.2) is 88.1 Å². The summed E-state index contributed by atoms with van der Waals surface area (Å²) < 4.78 is 0. The molecule has 0 saturated heterocycles. The first-order valence-electron chi connectivity index (χ1n) is 10.7. The van der Waals surface area contributed by atoms with Crippen LogP contribution in [0.25, 0.3) is 0 Å². The molecule has 1 aromatic carbocycles. The minimum atomic E-state index is 0.313. The number of rotatable bonds is 18. The quantitative estimate of drug-likeness (QED) is 0.341. The molecule has 0 radical (unpaired) electrons. The van der Waals surface area contributed by atoms with Gasteiger partial charge in [-0.2, -0.15) is 0 Å². The second-order valence-corrected chi connectivity index (χ2v) is 7.52. The highest BCUT2D eigenvalue weighted by Gasteiger charge is 2.19. The minimum absolute atomic E-state index is 0.313. The molecular formula is C27H39N3O. The Hall–Kier alpha value is -2.66. The second kappa shape index (κ2) is 15.2. The molecule has 0 spiro atoms. The van der Waals surface area contributed by atoms with Crippen molar-refractivity contribution in [3.8, 4) is 5.75 Å². The molecule has 1 N–H and O–H groups in total. The van der Waals surface area contributed by atoms with E-state index in [0.29, 0.717) is 18.8 Å². The normalized spacial score (nSPS) is 10.9. The summed E-state index contributed by atoms with van der Waals surface area (Å²) in [6, 6.07) is 3.83. The van der Waals surface area contributed by atoms with Gasteiger partial charge in [-0.1, -0.05) is 42.5 Å². The van der Waals surface area contributed by atoms with Crippen LogP contribution in [-0.2, 0) is 19.6 Å². The Balaban J connectivity index is 3.45. The van der Waals surface area contributed by atoms with Crippen LogP contribution >= 0.6 is 0 Å². The lowest BCUT2D eigenvalue weighted by atomic mass is 9.97. The summed E-state index contributed by atoms with van der Waals surface area (Å²) in [6.45, 7) is 29.8. The Kier molecular flexibility index (Phi) is 12.9. The summed E-state index contributed by atoms with van der Waals surface area (Å²) in [7, 11) is 0. The zero-order chi connectivity index (χ0) is 23.1. The van der Waals surface area contributed by atoms with E-state index in [4.69, 9.17) is 0 Å². The van der Waals surface area contributed by atoms with Crippen molar-refractivity contribution in [2.24, 2.45) is 0 Å². The van der Waals surface area contributed by atoms with Gasteiger partial charge in [0.15, 0.2) is 0 Å². The van der Waals surface area contributed by atoms with E-state index in [-0.39, 0.29) is 0 Å². The number of nitrogens with zero attached hydrogens (tertiary/aromatic N) is 3. The van der Waals surface area contributed by atoms with Gasteiger partial charge in [-0.25, -0.2) is 0 Å². The maximum atomic E-state index is 10.8. The standard InChI is InChI=1S/C27H39N3O/c1-7-15-28(16-8-2)21-24-13-14-27(31)26(23-30(19-11-5)20-12-6)25(24)22-29(17-9-3)18-10-4/h7-14,31H,1-6,15-23H2. The molecule has 0 aliphatic carbocycles. The van der Waals surface area contributed by atoms with Gasteiger partial charge < -0.3 is 5.11 Å². The molecule has 4 nitrogen and oxygen atoms in total. The van der Waals surface area contributed by atoms with E-state index in [1.807, 2.05) is 42.5 Å². The van der Waals surface area contributed by atoms with Crippen LogP contribution in [0.3, 0.4) is 0 Å². The first-order valence-corrected chi connectivity index (χ1v) is 10.7. The first-order chi connectivity index (χ1) is 15.0. The molecule has 0 fully saturated rings. The largest absolute Gasteiger partial charge is 0.508 e. The zero-order valence-corrected chi connectivity index (χ0v) is 19.0. The lowest BCUT2D eigenvalue weighted by Gasteiger charge is -2.28. The molecule has 0 amide bonds. The van der Waals surface area contributed by atoms with E-state index in [2.05, 4.69) is 54.2 Å². The van der Waals surface area contributed by atoms with Gasteiger partial charge in [0.2, 0.25) is 0 Å². The van der Waals surface area contributed by atoms with Crippen molar-refractivity contribution >= 4 is 0 Å². The molecule has 0 aliphatic rings. The summed E-state index contributed by atoms with van der Waals surface area (Å²) in [5.74, 6) is 0.313. The van der Waals surface area contributed by atoms with E-state index < -0.39 is 0 Å². The molecule has 0 atom stereocenters. The molecule has 0 bridgehead atoms. The fourth-order valence-corrected chi connectivity index (χ4v) is 3.65. The average Bonchev–Trinajstić information content (AvgIpc) is 2.73. The van der Waals surface area contributed by atoms with Crippen LogP contribution in [0.2, 0.25) is 0 Å². The highest BCUT2D eigenvalue weighted by molar-refractivity contribution is 5.45. The molecule has 1 rings (SSSR count). The zero-order valence-electron chi connectivity index (χ0n) is 19.0. The molecule has 0 aromatic heterocycles. The van der Waals surface area contributed by atoms with E-state index in [0.717, 1.165) is 56.9 Å². The molecular weight excluding hydrogens is 382 g/mol.